The van der Waals surface area contributed by atoms with E-state index in [4.69, 9.17) is 21.3 Å². The van der Waals surface area contributed by atoms with Crippen LogP contribution in [0.1, 0.15) is 29.4 Å². The summed E-state index contributed by atoms with van der Waals surface area (Å²) in [6.07, 6.45) is 4.40. The van der Waals surface area contributed by atoms with Gasteiger partial charge < -0.3 is 10.1 Å². The van der Waals surface area contributed by atoms with Crippen LogP contribution >= 0.6 is 11.6 Å². The predicted octanol–water partition coefficient (Wildman–Crippen LogP) is 3.65. The van der Waals surface area contributed by atoms with Gasteiger partial charge in [0.05, 0.1) is 17.7 Å². The molecule has 0 saturated carbocycles. The Morgan fingerprint density at radius 1 is 1.31 bits per heavy atom. The topological polar surface area (TPSA) is 68.3 Å². The Bertz CT molecular complexity index is 985. The van der Waals surface area contributed by atoms with Crippen molar-refractivity contribution in [1.82, 2.24) is 4.98 Å². The Morgan fingerprint density at radius 3 is 2.73 bits per heavy atom. The van der Waals surface area contributed by atoms with Crippen LogP contribution < -0.4 is 10.1 Å². The summed E-state index contributed by atoms with van der Waals surface area (Å²) in [5.41, 5.74) is 4.65. The van der Waals surface area contributed by atoms with Crippen molar-refractivity contribution in [1.29, 1.82) is 0 Å². The molecule has 138 valence electrons. The average molecular weight is 393 g/mol. The van der Waals surface area contributed by atoms with Crippen molar-refractivity contribution in [2.45, 2.75) is 24.7 Å². The van der Waals surface area contributed by atoms with Gasteiger partial charge in [-0.1, -0.05) is 23.7 Å². The minimum Gasteiger partial charge on any atom is -0.496 e. The molecule has 1 aromatic heterocycles. The molecule has 1 aliphatic carbocycles. The highest BCUT2D eigenvalue weighted by Crippen LogP contribution is 2.36. The van der Waals surface area contributed by atoms with Gasteiger partial charge in [0.1, 0.15) is 5.75 Å². The number of hydrogen-bond acceptors (Lipinski definition) is 5. The van der Waals surface area contributed by atoms with Crippen molar-refractivity contribution in [3.05, 3.63) is 52.9 Å². The third kappa shape index (κ3) is 3.71. The van der Waals surface area contributed by atoms with Crippen molar-refractivity contribution < 1.29 is 13.2 Å². The van der Waals surface area contributed by atoms with Gasteiger partial charge in [0.15, 0.2) is 9.84 Å². The van der Waals surface area contributed by atoms with Crippen LogP contribution in [0.2, 0.25) is 0 Å². The minimum absolute atomic E-state index is 0.240. The number of hydrogen-bond donors (Lipinski definition) is 1. The standard InChI is InChI=1S/C19H21ClN2O3S/c1-4-21-17-10-13(22-16-8-7-15(20)19(16)17)9-12-5-6-14(26(3,23)24)11-18(12)25-2/h5-7,10-11H,4,8-9H2,1-3H3,(H,21,22). The Labute approximate surface area is 159 Å². The van der Waals surface area contributed by atoms with E-state index in [-0.39, 0.29) is 4.90 Å². The van der Waals surface area contributed by atoms with Gasteiger partial charge in [-0.3, -0.25) is 4.98 Å². The zero-order valence-corrected chi connectivity index (χ0v) is 16.5. The predicted molar refractivity (Wildman–Crippen MR) is 105 cm³/mol. The first kappa shape index (κ1) is 18.7. The lowest BCUT2D eigenvalue weighted by Gasteiger charge is -2.14. The van der Waals surface area contributed by atoms with Crippen molar-refractivity contribution in [2.75, 3.05) is 25.2 Å². The molecule has 0 unspecified atom stereocenters. The van der Waals surface area contributed by atoms with Gasteiger partial charge >= 0.3 is 0 Å². The van der Waals surface area contributed by atoms with Crippen molar-refractivity contribution >= 4 is 32.2 Å². The first-order valence-electron chi connectivity index (χ1n) is 8.33. The molecule has 0 saturated heterocycles. The number of benzene rings is 1. The second-order valence-corrected chi connectivity index (χ2v) is 8.61. The van der Waals surface area contributed by atoms with E-state index < -0.39 is 9.84 Å². The van der Waals surface area contributed by atoms with Gasteiger partial charge in [-0.2, -0.15) is 0 Å². The molecular formula is C19H21ClN2O3S. The fraction of sp³-hybridized carbons (Fsp3) is 0.316. The number of rotatable bonds is 6. The van der Waals surface area contributed by atoms with Crippen LogP contribution in [-0.2, 0) is 22.7 Å². The molecular weight excluding hydrogens is 372 g/mol. The largest absolute Gasteiger partial charge is 0.496 e. The molecule has 0 amide bonds. The maximum Gasteiger partial charge on any atom is 0.175 e. The summed E-state index contributed by atoms with van der Waals surface area (Å²) in [5, 5.41) is 4.07. The van der Waals surface area contributed by atoms with Gasteiger partial charge in [0.25, 0.3) is 0 Å². The lowest BCUT2D eigenvalue weighted by molar-refractivity contribution is 0.409. The van der Waals surface area contributed by atoms with Gasteiger partial charge in [-0.15, -0.1) is 0 Å². The van der Waals surface area contributed by atoms with Crippen LogP contribution in [0.15, 0.2) is 35.2 Å². The smallest absolute Gasteiger partial charge is 0.175 e. The van der Waals surface area contributed by atoms with Crippen LogP contribution in [0.3, 0.4) is 0 Å². The first-order chi connectivity index (χ1) is 12.3. The average Bonchev–Trinajstić information content (AvgIpc) is 2.96. The molecule has 26 heavy (non-hydrogen) atoms. The molecule has 7 heteroatoms. The van der Waals surface area contributed by atoms with Gasteiger partial charge in [0, 0.05) is 53.2 Å². The third-order valence-electron chi connectivity index (χ3n) is 4.29. The van der Waals surface area contributed by atoms with Crippen molar-refractivity contribution in [2.24, 2.45) is 0 Å². The van der Waals surface area contributed by atoms with Crippen LogP contribution in [0.4, 0.5) is 5.69 Å². The summed E-state index contributed by atoms with van der Waals surface area (Å²) < 4.78 is 28.9. The van der Waals surface area contributed by atoms with Crippen LogP contribution in [0.5, 0.6) is 5.75 Å². The van der Waals surface area contributed by atoms with Crippen LogP contribution in [0, 0.1) is 0 Å². The monoisotopic (exact) mass is 392 g/mol. The number of nitrogens with zero attached hydrogens (tertiary/aromatic N) is 1. The Morgan fingerprint density at radius 2 is 2.08 bits per heavy atom. The molecule has 3 rings (SSSR count). The number of nitrogens with one attached hydrogen (secondary N) is 1. The van der Waals surface area contributed by atoms with E-state index in [1.54, 1.807) is 18.2 Å². The number of aromatic nitrogens is 1. The number of halogens is 1. The van der Waals surface area contributed by atoms with E-state index in [9.17, 15) is 8.42 Å². The number of pyridine rings is 1. The summed E-state index contributed by atoms with van der Waals surface area (Å²) in [6.45, 7) is 2.82. The van der Waals surface area contributed by atoms with E-state index in [0.29, 0.717) is 18.6 Å². The van der Waals surface area contributed by atoms with E-state index >= 15 is 0 Å². The minimum atomic E-state index is -3.28. The Balaban J connectivity index is 1.98. The fourth-order valence-electron chi connectivity index (χ4n) is 3.08. The summed E-state index contributed by atoms with van der Waals surface area (Å²) in [6, 6.07) is 6.93. The molecule has 1 aromatic carbocycles. The summed E-state index contributed by atoms with van der Waals surface area (Å²) in [7, 11) is -1.74. The van der Waals surface area contributed by atoms with Crippen molar-refractivity contribution in [3.8, 4) is 5.75 Å². The molecule has 0 spiro atoms. The highest BCUT2D eigenvalue weighted by molar-refractivity contribution is 7.90. The first-order valence-corrected chi connectivity index (χ1v) is 10.6. The molecule has 1 heterocycles. The molecule has 5 nitrogen and oxygen atoms in total. The molecule has 2 aromatic rings. The molecule has 1 aliphatic rings. The maximum atomic E-state index is 11.8. The zero-order valence-electron chi connectivity index (χ0n) is 15.0. The van der Waals surface area contributed by atoms with Gasteiger partial charge in [-0.05, 0) is 25.1 Å². The third-order valence-corrected chi connectivity index (χ3v) is 5.74. The number of sulfone groups is 1. The van der Waals surface area contributed by atoms with E-state index in [0.717, 1.165) is 39.8 Å². The van der Waals surface area contributed by atoms with Crippen molar-refractivity contribution in [3.63, 3.8) is 0 Å². The Hall–Kier alpha value is -2.05. The molecule has 0 aliphatic heterocycles. The lowest BCUT2D eigenvalue weighted by atomic mass is 10.1. The number of anilines is 1. The zero-order chi connectivity index (χ0) is 18.9. The highest BCUT2D eigenvalue weighted by atomic mass is 35.5. The Kier molecular flexibility index (Phi) is 5.25. The number of ether oxygens (including phenoxy) is 1. The van der Waals surface area contributed by atoms with Crippen LogP contribution in [-0.4, -0.2) is 33.3 Å². The molecule has 0 fully saturated rings. The summed E-state index contributed by atoms with van der Waals surface area (Å²) >= 11 is 6.31. The molecule has 0 radical (unpaired) electrons. The highest BCUT2D eigenvalue weighted by Gasteiger charge is 2.20. The normalized spacial score (nSPS) is 13.3. The summed E-state index contributed by atoms with van der Waals surface area (Å²) in [5.74, 6) is 0.538. The molecule has 0 atom stereocenters. The van der Waals surface area contributed by atoms with E-state index in [1.807, 2.05) is 19.1 Å². The fourth-order valence-corrected chi connectivity index (χ4v) is 4.00. The van der Waals surface area contributed by atoms with E-state index in [1.165, 1.54) is 13.4 Å². The second kappa shape index (κ2) is 7.29. The number of fused-ring (bicyclic) bond motifs is 1. The van der Waals surface area contributed by atoms with E-state index in [2.05, 4.69) is 5.32 Å². The lowest BCUT2D eigenvalue weighted by Crippen LogP contribution is -2.06. The molecule has 0 bridgehead atoms. The SMILES string of the molecule is CCNc1cc(Cc2ccc(S(C)(=O)=O)cc2OC)nc2c1C(Cl)=CC2. The quantitative estimate of drug-likeness (QED) is 0.812. The van der Waals surface area contributed by atoms with Gasteiger partial charge in [0.2, 0.25) is 0 Å². The molecule has 1 N–H and O–H groups in total. The second-order valence-electron chi connectivity index (χ2n) is 6.19. The summed E-state index contributed by atoms with van der Waals surface area (Å²) in [4.78, 5) is 4.98. The van der Waals surface area contributed by atoms with Gasteiger partial charge in [-0.25, -0.2) is 8.42 Å². The maximum absolute atomic E-state index is 11.8. The number of methoxy groups -OCH3 is 1. The number of allylic oxidation sites excluding steroid dienone is 1. The van der Waals surface area contributed by atoms with Crippen LogP contribution in [0.25, 0.3) is 5.03 Å².